The molecule has 0 aliphatic carbocycles. The van der Waals surface area contributed by atoms with E-state index in [0.717, 1.165) is 37.7 Å². The molecule has 0 saturated carbocycles. The molecule has 5 nitrogen and oxygen atoms in total. The Hall–Kier alpha value is -0.690. The summed E-state index contributed by atoms with van der Waals surface area (Å²) in [4.78, 5) is 7.92. The molecule has 2 rings (SSSR count). The van der Waals surface area contributed by atoms with Crippen LogP contribution in [0.2, 0.25) is 0 Å². The quantitative estimate of drug-likeness (QED) is 0.813. The maximum absolute atomic E-state index is 9.10. The molecule has 1 atom stereocenters. The van der Waals surface area contributed by atoms with Crippen molar-refractivity contribution in [1.29, 1.82) is 0 Å². The molecule has 1 unspecified atom stereocenters. The molecule has 1 aliphatic heterocycles. The molecule has 0 spiro atoms. The lowest BCUT2D eigenvalue weighted by Gasteiger charge is -2.31. The molecule has 102 valence electrons. The first-order chi connectivity index (χ1) is 8.81. The van der Waals surface area contributed by atoms with E-state index in [1.807, 2.05) is 6.20 Å². The fourth-order valence-corrected chi connectivity index (χ4v) is 2.83. The number of aromatic nitrogens is 1. The van der Waals surface area contributed by atoms with E-state index < -0.39 is 0 Å². The molecule has 6 heteroatoms. The van der Waals surface area contributed by atoms with Crippen molar-refractivity contribution in [3.8, 4) is 0 Å². The summed E-state index contributed by atoms with van der Waals surface area (Å²) in [6, 6.07) is 0. The Labute approximate surface area is 112 Å². The third kappa shape index (κ3) is 3.91. The van der Waals surface area contributed by atoms with E-state index in [1.165, 1.54) is 4.88 Å². The third-order valence-electron chi connectivity index (χ3n) is 2.89. The number of ether oxygens (including phenoxy) is 1. The molecule has 1 aromatic heterocycles. The Bertz CT molecular complexity index is 359. The minimum absolute atomic E-state index is 0.0376. The van der Waals surface area contributed by atoms with Crippen LogP contribution < -0.4 is 5.32 Å². The molecule has 1 aromatic rings. The van der Waals surface area contributed by atoms with Crippen LogP contribution in [0, 0.1) is 0 Å². The Morgan fingerprint density at radius 2 is 2.56 bits per heavy atom. The summed E-state index contributed by atoms with van der Waals surface area (Å²) in [5.41, 5.74) is 0. The smallest absolute Gasteiger partial charge is 0.182 e. The van der Waals surface area contributed by atoms with Crippen molar-refractivity contribution in [2.75, 3.05) is 38.2 Å². The van der Waals surface area contributed by atoms with E-state index in [4.69, 9.17) is 9.84 Å². The van der Waals surface area contributed by atoms with Crippen LogP contribution in [0.25, 0.3) is 0 Å². The van der Waals surface area contributed by atoms with Gasteiger partial charge in [0.15, 0.2) is 5.13 Å². The highest BCUT2D eigenvalue weighted by Crippen LogP contribution is 2.20. The summed E-state index contributed by atoms with van der Waals surface area (Å²) in [6.45, 7) is 6.53. The van der Waals surface area contributed by atoms with Gasteiger partial charge in [0.2, 0.25) is 0 Å². The zero-order valence-corrected chi connectivity index (χ0v) is 11.6. The summed E-state index contributed by atoms with van der Waals surface area (Å²) in [7, 11) is 0. The number of nitrogens with zero attached hydrogens (tertiary/aromatic N) is 2. The second kappa shape index (κ2) is 7.04. The van der Waals surface area contributed by atoms with Crippen LogP contribution in [0.4, 0.5) is 5.13 Å². The zero-order valence-electron chi connectivity index (χ0n) is 10.8. The van der Waals surface area contributed by atoms with Gasteiger partial charge in [0.05, 0.1) is 19.3 Å². The first kappa shape index (κ1) is 13.7. The van der Waals surface area contributed by atoms with Gasteiger partial charge >= 0.3 is 0 Å². The number of aliphatic hydroxyl groups is 1. The molecule has 0 amide bonds. The van der Waals surface area contributed by atoms with Crippen molar-refractivity contribution in [3.05, 3.63) is 11.1 Å². The van der Waals surface area contributed by atoms with Crippen LogP contribution in [-0.4, -0.2) is 53.9 Å². The molecule has 18 heavy (non-hydrogen) atoms. The van der Waals surface area contributed by atoms with E-state index in [-0.39, 0.29) is 12.7 Å². The average Bonchev–Trinajstić information content (AvgIpc) is 2.84. The zero-order chi connectivity index (χ0) is 12.8. The Morgan fingerprint density at radius 1 is 1.67 bits per heavy atom. The normalized spacial score (nSPS) is 21.1. The molecule has 1 fully saturated rings. The molecule has 2 heterocycles. The predicted molar refractivity (Wildman–Crippen MR) is 73.0 cm³/mol. The molecule has 0 aromatic carbocycles. The van der Waals surface area contributed by atoms with Gasteiger partial charge in [-0.2, -0.15) is 0 Å². The Kier molecular flexibility index (Phi) is 5.37. The van der Waals surface area contributed by atoms with Gasteiger partial charge in [-0.1, -0.05) is 6.92 Å². The number of aliphatic hydroxyl groups excluding tert-OH is 1. The number of hydrogen-bond donors (Lipinski definition) is 2. The van der Waals surface area contributed by atoms with Gasteiger partial charge in [0.1, 0.15) is 0 Å². The summed E-state index contributed by atoms with van der Waals surface area (Å²) >= 11 is 1.71. The molecule has 0 radical (unpaired) electrons. The third-order valence-corrected chi connectivity index (χ3v) is 3.83. The van der Waals surface area contributed by atoms with E-state index >= 15 is 0 Å². The van der Waals surface area contributed by atoms with Gasteiger partial charge in [-0.15, -0.1) is 11.3 Å². The minimum Gasteiger partial charge on any atom is -0.394 e. The van der Waals surface area contributed by atoms with E-state index in [9.17, 15) is 0 Å². The van der Waals surface area contributed by atoms with Gasteiger partial charge < -0.3 is 15.2 Å². The second-order valence-electron chi connectivity index (χ2n) is 4.47. The first-order valence-corrected chi connectivity index (χ1v) is 7.27. The summed E-state index contributed by atoms with van der Waals surface area (Å²) in [5.74, 6) is 0. The monoisotopic (exact) mass is 271 g/mol. The maximum atomic E-state index is 9.10. The second-order valence-corrected chi connectivity index (χ2v) is 5.58. The van der Waals surface area contributed by atoms with Crippen LogP contribution in [0.1, 0.15) is 18.2 Å². The molecule has 0 bridgehead atoms. The van der Waals surface area contributed by atoms with Crippen LogP contribution >= 0.6 is 11.3 Å². The lowest BCUT2D eigenvalue weighted by atomic mass is 10.3. The van der Waals surface area contributed by atoms with Crippen LogP contribution in [0.15, 0.2) is 6.20 Å². The standard InChI is InChI=1S/C12H21N3O2S/c1-2-3-13-12-14-6-11(18-12)8-15-4-5-17-10(7-15)9-16/h6,10,16H,2-5,7-9H2,1H3,(H,13,14). The van der Waals surface area contributed by atoms with Crippen LogP contribution in [0.3, 0.4) is 0 Å². The van der Waals surface area contributed by atoms with Crippen molar-refractivity contribution in [2.45, 2.75) is 26.0 Å². The van der Waals surface area contributed by atoms with Gasteiger partial charge in [0, 0.05) is 37.3 Å². The van der Waals surface area contributed by atoms with Crippen molar-refractivity contribution >= 4 is 16.5 Å². The number of morpholine rings is 1. The van der Waals surface area contributed by atoms with Gasteiger partial charge in [0.25, 0.3) is 0 Å². The lowest BCUT2D eigenvalue weighted by Crippen LogP contribution is -2.43. The Morgan fingerprint density at radius 3 is 3.33 bits per heavy atom. The van der Waals surface area contributed by atoms with E-state index in [2.05, 4.69) is 22.1 Å². The summed E-state index contributed by atoms with van der Waals surface area (Å²) in [6.07, 6.45) is 3.01. The molecule has 2 N–H and O–H groups in total. The van der Waals surface area contributed by atoms with Crippen LogP contribution in [-0.2, 0) is 11.3 Å². The number of hydrogen-bond acceptors (Lipinski definition) is 6. The Balaban J connectivity index is 1.83. The number of thiazole rings is 1. The summed E-state index contributed by atoms with van der Waals surface area (Å²) < 4.78 is 5.44. The minimum atomic E-state index is -0.0376. The van der Waals surface area contributed by atoms with Crippen molar-refractivity contribution < 1.29 is 9.84 Å². The number of anilines is 1. The summed E-state index contributed by atoms with van der Waals surface area (Å²) in [5, 5.41) is 13.4. The van der Waals surface area contributed by atoms with Crippen molar-refractivity contribution in [3.63, 3.8) is 0 Å². The number of rotatable bonds is 6. The fraction of sp³-hybridized carbons (Fsp3) is 0.750. The van der Waals surface area contributed by atoms with Gasteiger partial charge in [-0.05, 0) is 6.42 Å². The van der Waals surface area contributed by atoms with Crippen LogP contribution in [0.5, 0.6) is 0 Å². The predicted octanol–water partition coefficient (Wildman–Crippen LogP) is 1.16. The average molecular weight is 271 g/mol. The van der Waals surface area contributed by atoms with E-state index in [1.54, 1.807) is 11.3 Å². The highest BCUT2D eigenvalue weighted by molar-refractivity contribution is 7.15. The van der Waals surface area contributed by atoms with E-state index in [0.29, 0.717) is 6.61 Å². The molecule has 1 aliphatic rings. The van der Waals surface area contributed by atoms with Crippen molar-refractivity contribution in [1.82, 2.24) is 9.88 Å². The highest BCUT2D eigenvalue weighted by Gasteiger charge is 2.20. The van der Waals surface area contributed by atoms with Gasteiger partial charge in [-0.3, -0.25) is 4.90 Å². The molecule has 1 saturated heterocycles. The highest BCUT2D eigenvalue weighted by atomic mass is 32.1. The number of nitrogens with one attached hydrogen (secondary N) is 1. The van der Waals surface area contributed by atoms with Crippen molar-refractivity contribution in [2.24, 2.45) is 0 Å². The first-order valence-electron chi connectivity index (χ1n) is 6.45. The maximum Gasteiger partial charge on any atom is 0.182 e. The molecular formula is C12H21N3O2S. The largest absolute Gasteiger partial charge is 0.394 e. The lowest BCUT2D eigenvalue weighted by molar-refractivity contribution is -0.0548. The molecular weight excluding hydrogens is 250 g/mol. The fourth-order valence-electron chi connectivity index (χ4n) is 1.95. The van der Waals surface area contributed by atoms with Gasteiger partial charge in [-0.25, -0.2) is 4.98 Å². The SMILES string of the molecule is CCCNc1ncc(CN2CCOC(CO)C2)s1. The topological polar surface area (TPSA) is 57.6 Å².